The minimum absolute atomic E-state index is 0.0824. The highest BCUT2D eigenvalue weighted by Crippen LogP contribution is 2.28. The van der Waals surface area contributed by atoms with Gasteiger partial charge < -0.3 is 24.8 Å². The predicted octanol–water partition coefficient (Wildman–Crippen LogP) is 4.28. The second kappa shape index (κ2) is 11.9. The van der Waals surface area contributed by atoms with E-state index in [1.54, 1.807) is 12.4 Å². The lowest BCUT2D eigenvalue weighted by molar-refractivity contribution is 0.00161. The number of likely N-dealkylation sites (tertiary alicyclic amines) is 1. The number of aromatic nitrogens is 2. The van der Waals surface area contributed by atoms with Crippen LogP contribution < -0.4 is 10.6 Å². The molecule has 2 saturated heterocycles. The zero-order chi connectivity index (χ0) is 27.3. The highest BCUT2D eigenvalue weighted by molar-refractivity contribution is 6.07. The van der Waals surface area contributed by atoms with Gasteiger partial charge in [-0.1, -0.05) is 24.3 Å². The van der Waals surface area contributed by atoms with Gasteiger partial charge in [0.05, 0.1) is 24.3 Å². The summed E-state index contributed by atoms with van der Waals surface area (Å²) >= 11 is 0. The van der Waals surface area contributed by atoms with Crippen molar-refractivity contribution in [3.63, 3.8) is 0 Å². The lowest BCUT2D eigenvalue weighted by Crippen LogP contribution is -2.50. The number of rotatable bonds is 6. The molecule has 0 saturated carbocycles. The Morgan fingerprint density at radius 1 is 0.925 bits per heavy atom. The van der Waals surface area contributed by atoms with Gasteiger partial charge in [-0.25, -0.2) is 4.79 Å². The Morgan fingerprint density at radius 2 is 1.70 bits per heavy atom. The first kappa shape index (κ1) is 26.0. The van der Waals surface area contributed by atoms with Gasteiger partial charge in [0, 0.05) is 74.1 Å². The molecule has 4 heterocycles. The summed E-state index contributed by atoms with van der Waals surface area (Å²) in [4.78, 5) is 34.6. The van der Waals surface area contributed by atoms with E-state index in [4.69, 9.17) is 4.74 Å². The second-order valence-electron chi connectivity index (χ2n) is 10.3. The number of anilines is 1. The fourth-order valence-electron chi connectivity index (χ4n) is 5.68. The summed E-state index contributed by atoms with van der Waals surface area (Å²) in [5.74, 6) is 0.0824. The van der Waals surface area contributed by atoms with Crippen LogP contribution in [0.2, 0.25) is 0 Å². The fourth-order valence-corrected chi connectivity index (χ4v) is 5.68. The maximum Gasteiger partial charge on any atom is 0.319 e. The number of hydrogen-bond donors (Lipinski definition) is 2. The van der Waals surface area contributed by atoms with E-state index in [1.165, 1.54) is 0 Å². The van der Waals surface area contributed by atoms with Crippen molar-refractivity contribution in [3.8, 4) is 5.69 Å². The Kier molecular flexibility index (Phi) is 7.74. The van der Waals surface area contributed by atoms with Gasteiger partial charge >= 0.3 is 6.03 Å². The number of para-hydroxylation sites is 1. The SMILES string of the molecule is O=C(NCc1cccnc1)Nc1ccc(-n2cc(C(=O)N3CCC(N4CCOCC4)CC3)c3ccccc32)cc1. The Hall–Kier alpha value is -4.21. The normalized spacial score (nSPS) is 16.6. The number of piperidine rings is 1. The van der Waals surface area contributed by atoms with Gasteiger partial charge in [0.1, 0.15) is 0 Å². The molecule has 2 aliphatic rings. The number of ether oxygens (including phenoxy) is 1. The van der Waals surface area contributed by atoms with Crippen LogP contribution in [0.5, 0.6) is 0 Å². The summed E-state index contributed by atoms with van der Waals surface area (Å²) in [6, 6.07) is 19.6. The van der Waals surface area contributed by atoms with Gasteiger partial charge in [-0.3, -0.25) is 14.7 Å². The number of carbonyl (C=O) groups excluding carboxylic acids is 2. The molecule has 0 aliphatic carbocycles. The van der Waals surface area contributed by atoms with Crippen LogP contribution in [0.15, 0.2) is 79.3 Å². The number of fused-ring (bicyclic) bond motifs is 1. The average molecular weight is 539 g/mol. The molecule has 0 radical (unpaired) electrons. The maximum absolute atomic E-state index is 13.7. The lowest BCUT2D eigenvalue weighted by atomic mass is 10.0. The van der Waals surface area contributed by atoms with Gasteiger partial charge in [0.2, 0.25) is 0 Å². The van der Waals surface area contributed by atoms with Crippen molar-refractivity contribution < 1.29 is 14.3 Å². The number of carbonyl (C=O) groups is 2. The largest absolute Gasteiger partial charge is 0.379 e. The molecule has 4 aromatic rings. The van der Waals surface area contributed by atoms with E-state index < -0.39 is 0 Å². The van der Waals surface area contributed by atoms with Crippen molar-refractivity contribution in [3.05, 3.63) is 90.4 Å². The van der Waals surface area contributed by atoms with Crippen LogP contribution in [0.25, 0.3) is 16.6 Å². The smallest absolute Gasteiger partial charge is 0.319 e. The molecule has 9 nitrogen and oxygen atoms in total. The Labute approximate surface area is 233 Å². The summed E-state index contributed by atoms with van der Waals surface area (Å²) in [5.41, 5.74) is 4.23. The number of benzene rings is 2. The maximum atomic E-state index is 13.7. The molecule has 9 heteroatoms. The van der Waals surface area contributed by atoms with Crippen LogP contribution in [-0.2, 0) is 11.3 Å². The molecule has 3 amide bonds. The molecule has 0 bridgehead atoms. The first-order valence-corrected chi connectivity index (χ1v) is 13.9. The van der Waals surface area contributed by atoms with Crippen LogP contribution in [-0.4, -0.2) is 76.7 Å². The molecule has 2 aliphatic heterocycles. The molecule has 40 heavy (non-hydrogen) atoms. The van der Waals surface area contributed by atoms with Gasteiger partial charge in [-0.15, -0.1) is 0 Å². The first-order valence-electron chi connectivity index (χ1n) is 13.9. The number of morpholine rings is 1. The van der Waals surface area contributed by atoms with E-state index in [2.05, 4.69) is 25.1 Å². The molecule has 0 spiro atoms. The minimum atomic E-state index is -0.284. The number of nitrogens with zero attached hydrogens (tertiary/aromatic N) is 4. The highest BCUT2D eigenvalue weighted by atomic mass is 16.5. The van der Waals surface area contributed by atoms with Crippen LogP contribution in [0, 0.1) is 0 Å². The van der Waals surface area contributed by atoms with E-state index in [0.717, 1.165) is 80.0 Å². The molecule has 2 fully saturated rings. The number of amides is 3. The van der Waals surface area contributed by atoms with Gasteiger partial charge in [0.15, 0.2) is 0 Å². The summed E-state index contributed by atoms with van der Waals surface area (Å²) < 4.78 is 7.56. The van der Waals surface area contributed by atoms with E-state index >= 15 is 0 Å². The standard InChI is InChI=1S/C31H34N6O3/c38-30(36-14-11-25(12-15-36)35-16-18-40-19-17-35)28-22-37(29-6-2-1-5-27(28)29)26-9-7-24(8-10-26)34-31(39)33-21-23-4-3-13-32-20-23/h1-10,13,20,22,25H,11-12,14-19,21H2,(H2,33,34,39). The van der Waals surface area contributed by atoms with E-state index in [-0.39, 0.29) is 11.9 Å². The average Bonchev–Trinajstić information content (AvgIpc) is 3.41. The lowest BCUT2D eigenvalue weighted by Gasteiger charge is -2.40. The zero-order valence-electron chi connectivity index (χ0n) is 22.5. The van der Waals surface area contributed by atoms with Crippen molar-refractivity contribution in [2.24, 2.45) is 0 Å². The van der Waals surface area contributed by atoms with Crippen molar-refractivity contribution in [2.75, 3.05) is 44.7 Å². The monoisotopic (exact) mass is 538 g/mol. The molecule has 6 rings (SSSR count). The molecule has 206 valence electrons. The van der Waals surface area contributed by atoms with Gasteiger partial charge in [-0.05, 0) is 54.8 Å². The second-order valence-corrected chi connectivity index (χ2v) is 10.3. The predicted molar refractivity (Wildman–Crippen MR) is 155 cm³/mol. The fraction of sp³-hybridized carbons (Fsp3) is 0.323. The molecular formula is C31H34N6O3. The van der Waals surface area contributed by atoms with Crippen molar-refractivity contribution >= 4 is 28.5 Å². The molecule has 2 aromatic heterocycles. The summed E-state index contributed by atoms with van der Waals surface area (Å²) in [5, 5.41) is 6.66. The summed E-state index contributed by atoms with van der Waals surface area (Å²) in [6.07, 6.45) is 7.36. The number of urea groups is 1. The molecule has 2 aromatic carbocycles. The van der Waals surface area contributed by atoms with E-state index in [1.807, 2.05) is 71.8 Å². The van der Waals surface area contributed by atoms with Crippen molar-refractivity contribution in [2.45, 2.75) is 25.4 Å². The topological polar surface area (TPSA) is 91.7 Å². The number of hydrogen-bond acceptors (Lipinski definition) is 5. The van der Waals surface area contributed by atoms with Crippen LogP contribution in [0.3, 0.4) is 0 Å². The Morgan fingerprint density at radius 3 is 2.45 bits per heavy atom. The number of pyridine rings is 1. The van der Waals surface area contributed by atoms with Crippen molar-refractivity contribution in [1.29, 1.82) is 0 Å². The van der Waals surface area contributed by atoms with E-state index in [0.29, 0.717) is 18.3 Å². The Bertz CT molecular complexity index is 1460. The first-order chi connectivity index (χ1) is 19.7. The Balaban J connectivity index is 1.13. The third-order valence-corrected chi connectivity index (χ3v) is 7.84. The third kappa shape index (κ3) is 5.71. The van der Waals surface area contributed by atoms with Crippen LogP contribution in [0.1, 0.15) is 28.8 Å². The molecule has 2 N–H and O–H groups in total. The van der Waals surface area contributed by atoms with Crippen molar-refractivity contribution in [1.82, 2.24) is 24.7 Å². The molecule has 0 unspecified atom stereocenters. The number of nitrogens with one attached hydrogen (secondary N) is 2. The quantitative estimate of drug-likeness (QED) is 0.382. The summed E-state index contributed by atoms with van der Waals surface area (Å²) in [7, 11) is 0. The van der Waals surface area contributed by atoms with Gasteiger partial charge in [0.25, 0.3) is 5.91 Å². The van der Waals surface area contributed by atoms with Gasteiger partial charge in [-0.2, -0.15) is 0 Å². The third-order valence-electron chi connectivity index (χ3n) is 7.84. The van der Waals surface area contributed by atoms with Crippen LogP contribution >= 0.6 is 0 Å². The minimum Gasteiger partial charge on any atom is -0.379 e. The zero-order valence-corrected chi connectivity index (χ0v) is 22.5. The molecule has 0 atom stereocenters. The van der Waals surface area contributed by atoms with E-state index in [9.17, 15) is 9.59 Å². The summed E-state index contributed by atoms with van der Waals surface area (Å²) in [6.45, 7) is 5.50. The highest BCUT2D eigenvalue weighted by Gasteiger charge is 2.29. The molecular weight excluding hydrogens is 504 g/mol. The van der Waals surface area contributed by atoms with Crippen LogP contribution in [0.4, 0.5) is 10.5 Å².